The lowest BCUT2D eigenvalue weighted by Gasteiger charge is -1.69. The van der Waals surface area contributed by atoms with E-state index >= 15 is 0 Å². The third-order valence-corrected chi connectivity index (χ3v) is 1.12. The van der Waals surface area contributed by atoms with Crippen LogP contribution >= 0.6 is 0 Å². The SMILES string of the molecule is CC1=CC1C. The van der Waals surface area contributed by atoms with Crippen molar-refractivity contribution < 1.29 is 0 Å². The van der Waals surface area contributed by atoms with Gasteiger partial charge in [-0.1, -0.05) is 18.6 Å². The molecule has 0 aromatic heterocycles. The van der Waals surface area contributed by atoms with Gasteiger partial charge in [-0.2, -0.15) is 0 Å². The zero-order valence-corrected chi connectivity index (χ0v) is 3.65. The molecule has 5 heavy (non-hydrogen) atoms. The number of rotatable bonds is 0. The lowest BCUT2D eigenvalue weighted by molar-refractivity contribution is 1.03. The molecule has 0 fully saturated rings. The van der Waals surface area contributed by atoms with Crippen LogP contribution in [-0.2, 0) is 0 Å². The molecule has 0 saturated heterocycles. The molecule has 0 nitrogen and oxygen atoms in total. The Hall–Kier alpha value is -0.260. The summed E-state index contributed by atoms with van der Waals surface area (Å²) in [6, 6.07) is 0. The van der Waals surface area contributed by atoms with Gasteiger partial charge in [0, 0.05) is 0 Å². The van der Waals surface area contributed by atoms with Gasteiger partial charge in [-0.15, -0.1) is 0 Å². The molecule has 1 unspecified atom stereocenters. The van der Waals surface area contributed by atoms with E-state index in [-0.39, 0.29) is 0 Å². The van der Waals surface area contributed by atoms with Crippen molar-refractivity contribution in [2.24, 2.45) is 5.92 Å². The van der Waals surface area contributed by atoms with Gasteiger partial charge in [0.15, 0.2) is 0 Å². The highest BCUT2D eigenvalue weighted by molar-refractivity contribution is 5.24. The topological polar surface area (TPSA) is 0 Å². The van der Waals surface area contributed by atoms with E-state index in [0.717, 1.165) is 5.92 Å². The highest BCUT2D eigenvalue weighted by Gasteiger charge is 2.10. The van der Waals surface area contributed by atoms with Crippen molar-refractivity contribution in [1.82, 2.24) is 0 Å². The molecular formula is C5H8. The molecule has 0 amide bonds. The average Bonchev–Trinajstić information content (AvgIpc) is 1.79. The lowest BCUT2D eigenvalue weighted by atomic mass is 10.4. The second-order valence-corrected chi connectivity index (χ2v) is 1.70. The minimum atomic E-state index is 0.843. The maximum Gasteiger partial charge on any atom is -0.00514 e. The molecular weight excluding hydrogens is 60.1 g/mol. The van der Waals surface area contributed by atoms with Gasteiger partial charge in [-0.25, -0.2) is 0 Å². The third kappa shape index (κ3) is 0.344. The summed E-state index contributed by atoms with van der Waals surface area (Å²) in [5.74, 6) is 0.843. The largest absolute Gasteiger partial charge is 0.0781 e. The molecule has 0 bridgehead atoms. The molecule has 0 aromatic rings. The fraction of sp³-hybridized carbons (Fsp3) is 0.600. The van der Waals surface area contributed by atoms with Crippen LogP contribution in [0.15, 0.2) is 11.6 Å². The molecule has 0 aliphatic heterocycles. The number of allylic oxidation sites excluding steroid dienone is 2. The Kier molecular flexibility index (Phi) is 0.365. The summed E-state index contributed by atoms with van der Waals surface area (Å²) < 4.78 is 0. The van der Waals surface area contributed by atoms with Gasteiger partial charge in [0.05, 0.1) is 0 Å². The predicted molar refractivity (Wildman–Crippen MR) is 22.9 cm³/mol. The normalized spacial score (nSPS) is 33.2. The summed E-state index contributed by atoms with van der Waals surface area (Å²) in [4.78, 5) is 0. The van der Waals surface area contributed by atoms with Crippen molar-refractivity contribution >= 4 is 0 Å². The molecule has 1 aliphatic rings. The average molecular weight is 68.1 g/mol. The Morgan fingerprint density at radius 3 is 2.00 bits per heavy atom. The molecule has 0 heteroatoms. The summed E-state index contributed by atoms with van der Waals surface area (Å²) in [5.41, 5.74) is 1.55. The Morgan fingerprint density at radius 2 is 2.00 bits per heavy atom. The highest BCUT2D eigenvalue weighted by atomic mass is 14.2. The summed E-state index contributed by atoms with van der Waals surface area (Å²) >= 11 is 0. The van der Waals surface area contributed by atoms with Crippen molar-refractivity contribution in [2.75, 3.05) is 0 Å². The van der Waals surface area contributed by atoms with Crippen LogP contribution in [0.4, 0.5) is 0 Å². The van der Waals surface area contributed by atoms with Crippen molar-refractivity contribution in [1.29, 1.82) is 0 Å². The van der Waals surface area contributed by atoms with Crippen molar-refractivity contribution in [3.8, 4) is 0 Å². The molecule has 1 aliphatic carbocycles. The monoisotopic (exact) mass is 68.1 g/mol. The van der Waals surface area contributed by atoms with E-state index in [1.807, 2.05) is 0 Å². The van der Waals surface area contributed by atoms with Crippen molar-refractivity contribution in [3.63, 3.8) is 0 Å². The van der Waals surface area contributed by atoms with Gasteiger partial charge >= 0.3 is 0 Å². The Labute approximate surface area is 32.5 Å². The summed E-state index contributed by atoms with van der Waals surface area (Å²) in [5, 5.41) is 0. The maximum atomic E-state index is 2.25. The molecule has 28 valence electrons. The first-order valence-corrected chi connectivity index (χ1v) is 1.99. The van der Waals surface area contributed by atoms with Gasteiger partial charge < -0.3 is 0 Å². The molecule has 0 heterocycles. The van der Waals surface area contributed by atoms with Crippen LogP contribution in [0.5, 0.6) is 0 Å². The number of hydrogen-bond acceptors (Lipinski definition) is 0. The molecule has 0 aromatic carbocycles. The van der Waals surface area contributed by atoms with E-state index < -0.39 is 0 Å². The minimum absolute atomic E-state index is 0.843. The standard InChI is InChI=1S/C5H8/c1-4-3-5(4)2/h3-4H,1-2H3. The van der Waals surface area contributed by atoms with Gasteiger partial charge in [0.2, 0.25) is 0 Å². The van der Waals surface area contributed by atoms with Crippen LogP contribution in [0.1, 0.15) is 13.8 Å². The zero-order valence-electron chi connectivity index (χ0n) is 3.65. The van der Waals surface area contributed by atoms with E-state index in [1.54, 1.807) is 5.57 Å². The molecule has 0 radical (unpaired) electrons. The Balaban J connectivity index is 2.38. The zero-order chi connectivity index (χ0) is 3.86. The van der Waals surface area contributed by atoms with Crippen LogP contribution in [0, 0.1) is 5.92 Å². The minimum Gasteiger partial charge on any atom is -0.0781 e. The van der Waals surface area contributed by atoms with E-state index in [4.69, 9.17) is 0 Å². The first-order chi connectivity index (χ1) is 2.30. The predicted octanol–water partition coefficient (Wildman–Crippen LogP) is 1.58. The first-order valence-electron chi connectivity index (χ1n) is 1.99. The van der Waals surface area contributed by atoms with Crippen LogP contribution in [-0.4, -0.2) is 0 Å². The fourth-order valence-electron chi connectivity index (χ4n) is 0.346. The van der Waals surface area contributed by atoms with Crippen molar-refractivity contribution in [3.05, 3.63) is 11.6 Å². The third-order valence-electron chi connectivity index (χ3n) is 1.12. The molecule has 1 atom stereocenters. The lowest BCUT2D eigenvalue weighted by Crippen LogP contribution is -1.57. The van der Waals surface area contributed by atoms with Gasteiger partial charge in [-0.05, 0) is 12.8 Å². The van der Waals surface area contributed by atoms with E-state index in [9.17, 15) is 0 Å². The summed E-state index contributed by atoms with van der Waals surface area (Å²) in [7, 11) is 0. The molecule has 0 saturated carbocycles. The summed E-state index contributed by atoms with van der Waals surface area (Å²) in [6.45, 7) is 4.36. The van der Waals surface area contributed by atoms with E-state index in [0.29, 0.717) is 0 Å². The first kappa shape index (κ1) is 2.95. The Bertz CT molecular complexity index is 70.1. The number of hydrogen-bond donors (Lipinski definition) is 0. The van der Waals surface area contributed by atoms with E-state index in [1.165, 1.54) is 0 Å². The van der Waals surface area contributed by atoms with Gasteiger partial charge in [0.25, 0.3) is 0 Å². The van der Waals surface area contributed by atoms with Crippen LogP contribution in [0.3, 0.4) is 0 Å². The second-order valence-electron chi connectivity index (χ2n) is 1.70. The smallest absolute Gasteiger partial charge is 0.00514 e. The second kappa shape index (κ2) is 0.618. The highest BCUT2D eigenvalue weighted by Crippen LogP contribution is 2.25. The Morgan fingerprint density at radius 1 is 1.80 bits per heavy atom. The maximum absolute atomic E-state index is 2.25. The quantitative estimate of drug-likeness (QED) is 0.378. The molecule has 0 N–H and O–H groups in total. The van der Waals surface area contributed by atoms with Crippen LogP contribution < -0.4 is 0 Å². The molecule has 1 rings (SSSR count). The molecule has 0 spiro atoms. The van der Waals surface area contributed by atoms with Crippen LogP contribution in [0.25, 0.3) is 0 Å². The van der Waals surface area contributed by atoms with Gasteiger partial charge in [0.1, 0.15) is 0 Å². The fourth-order valence-corrected chi connectivity index (χ4v) is 0.346. The van der Waals surface area contributed by atoms with Crippen LogP contribution in [0.2, 0.25) is 0 Å². The van der Waals surface area contributed by atoms with Gasteiger partial charge in [-0.3, -0.25) is 0 Å². The van der Waals surface area contributed by atoms with Crippen molar-refractivity contribution in [2.45, 2.75) is 13.8 Å². The van der Waals surface area contributed by atoms with E-state index in [2.05, 4.69) is 19.9 Å². The summed E-state index contributed by atoms with van der Waals surface area (Å²) in [6.07, 6.45) is 2.25.